The third-order valence-corrected chi connectivity index (χ3v) is 4.95. The predicted octanol–water partition coefficient (Wildman–Crippen LogP) is 6.50. The van der Waals surface area contributed by atoms with E-state index < -0.39 is 0 Å². The molecule has 26 heavy (non-hydrogen) atoms. The molecule has 0 fully saturated rings. The second-order valence-corrected chi connectivity index (χ2v) is 6.64. The molecule has 0 atom stereocenters. The van der Waals surface area contributed by atoms with E-state index in [1.807, 2.05) is 18.2 Å². The molecule has 124 valence electrons. The van der Waals surface area contributed by atoms with Gasteiger partial charge in [0.2, 0.25) is 0 Å². The van der Waals surface area contributed by atoms with Gasteiger partial charge in [0, 0.05) is 28.2 Å². The maximum Gasteiger partial charge on any atom is 0.129 e. The summed E-state index contributed by atoms with van der Waals surface area (Å²) in [6, 6.07) is 29.4. The summed E-state index contributed by atoms with van der Waals surface area (Å²) in [5, 5.41) is 2.98. The number of fused-ring (bicyclic) bond motifs is 3. The molecule has 0 radical (unpaired) electrons. The maximum atomic E-state index is 6.16. The molecule has 3 aromatic carbocycles. The van der Waals surface area contributed by atoms with Crippen molar-refractivity contribution in [3.8, 4) is 16.8 Å². The summed E-state index contributed by atoms with van der Waals surface area (Å²) >= 11 is 6.16. The molecule has 0 bridgehead atoms. The molecular weight excluding hydrogens is 340 g/mol. The van der Waals surface area contributed by atoms with Crippen molar-refractivity contribution in [2.45, 2.75) is 0 Å². The zero-order valence-electron chi connectivity index (χ0n) is 13.9. The third kappa shape index (κ3) is 2.31. The summed E-state index contributed by atoms with van der Waals surface area (Å²) in [6.45, 7) is 0. The first kappa shape index (κ1) is 15.2. The van der Waals surface area contributed by atoms with E-state index >= 15 is 0 Å². The SMILES string of the molecule is Clc1cc(-c2cccc3c4ccccc4n(-c4ccccc4)c23)ccn1. The van der Waals surface area contributed by atoms with E-state index in [0.717, 1.165) is 16.8 Å². The van der Waals surface area contributed by atoms with Gasteiger partial charge < -0.3 is 4.57 Å². The molecule has 0 saturated heterocycles. The molecule has 0 spiro atoms. The molecular formula is C23H15ClN2. The first-order valence-corrected chi connectivity index (χ1v) is 8.90. The van der Waals surface area contributed by atoms with Crippen LogP contribution in [0.4, 0.5) is 0 Å². The number of halogens is 1. The fourth-order valence-electron chi connectivity index (χ4n) is 3.67. The van der Waals surface area contributed by atoms with E-state index in [-0.39, 0.29) is 0 Å². The van der Waals surface area contributed by atoms with Crippen molar-refractivity contribution in [1.82, 2.24) is 9.55 Å². The van der Waals surface area contributed by atoms with Crippen molar-refractivity contribution in [2.24, 2.45) is 0 Å². The number of aromatic nitrogens is 2. The second-order valence-electron chi connectivity index (χ2n) is 6.26. The van der Waals surface area contributed by atoms with Crippen LogP contribution in [0.25, 0.3) is 38.6 Å². The number of pyridine rings is 1. The number of rotatable bonds is 2. The van der Waals surface area contributed by atoms with Gasteiger partial charge in [0.05, 0.1) is 11.0 Å². The predicted molar refractivity (Wildman–Crippen MR) is 109 cm³/mol. The minimum atomic E-state index is 0.502. The molecule has 0 amide bonds. The van der Waals surface area contributed by atoms with Crippen LogP contribution < -0.4 is 0 Å². The number of benzene rings is 3. The van der Waals surface area contributed by atoms with E-state index in [1.165, 1.54) is 21.8 Å². The normalized spacial score (nSPS) is 11.3. The summed E-state index contributed by atoms with van der Waals surface area (Å²) in [4.78, 5) is 4.13. The van der Waals surface area contributed by atoms with Gasteiger partial charge >= 0.3 is 0 Å². The Balaban J connectivity index is 1.98. The van der Waals surface area contributed by atoms with Crippen molar-refractivity contribution in [3.05, 3.63) is 96.3 Å². The van der Waals surface area contributed by atoms with Crippen LogP contribution in [0.1, 0.15) is 0 Å². The van der Waals surface area contributed by atoms with Crippen LogP contribution in [-0.4, -0.2) is 9.55 Å². The quantitative estimate of drug-likeness (QED) is 0.331. The number of para-hydroxylation sites is 3. The Hall–Kier alpha value is -3.10. The summed E-state index contributed by atoms with van der Waals surface area (Å²) in [5.41, 5.74) is 5.73. The van der Waals surface area contributed by atoms with Crippen LogP contribution in [0.5, 0.6) is 0 Å². The van der Waals surface area contributed by atoms with Crippen molar-refractivity contribution in [2.75, 3.05) is 0 Å². The van der Waals surface area contributed by atoms with E-state index in [1.54, 1.807) is 6.20 Å². The van der Waals surface area contributed by atoms with Gasteiger partial charge in [-0.15, -0.1) is 0 Å². The van der Waals surface area contributed by atoms with E-state index in [2.05, 4.69) is 76.3 Å². The minimum Gasteiger partial charge on any atom is -0.309 e. The van der Waals surface area contributed by atoms with Gasteiger partial charge in [-0.05, 0) is 35.9 Å². The van der Waals surface area contributed by atoms with Crippen molar-refractivity contribution in [1.29, 1.82) is 0 Å². The monoisotopic (exact) mass is 354 g/mol. The van der Waals surface area contributed by atoms with Crippen LogP contribution in [0.2, 0.25) is 5.15 Å². The van der Waals surface area contributed by atoms with Crippen molar-refractivity contribution >= 4 is 33.4 Å². The molecule has 0 aliphatic rings. The number of nitrogens with zero attached hydrogens (tertiary/aromatic N) is 2. The highest BCUT2D eigenvalue weighted by atomic mass is 35.5. The number of hydrogen-bond acceptors (Lipinski definition) is 1. The van der Waals surface area contributed by atoms with E-state index in [9.17, 15) is 0 Å². The average molecular weight is 355 g/mol. The lowest BCUT2D eigenvalue weighted by atomic mass is 10.0. The van der Waals surface area contributed by atoms with Gasteiger partial charge in [-0.25, -0.2) is 4.98 Å². The van der Waals surface area contributed by atoms with Crippen LogP contribution in [0.15, 0.2) is 91.1 Å². The first-order valence-electron chi connectivity index (χ1n) is 8.52. The molecule has 0 unspecified atom stereocenters. The lowest BCUT2D eigenvalue weighted by Crippen LogP contribution is -1.95. The van der Waals surface area contributed by atoms with Gasteiger partial charge in [0.15, 0.2) is 0 Å². The van der Waals surface area contributed by atoms with Gasteiger partial charge in [0.1, 0.15) is 5.15 Å². The summed E-state index contributed by atoms with van der Waals surface area (Å²) in [7, 11) is 0. The summed E-state index contributed by atoms with van der Waals surface area (Å²) in [6.07, 6.45) is 1.76. The first-order chi connectivity index (χ1) is 12.8. The average Bonchev–Trinajstić information content (AvgIpc) is 3.03. The van der Waals surface area contributed by atoms with E-state index in [4.69, 9.17) is 11.6 Å². The molecule has 5 aromatic rings. The lowest BCUT2D eigenvalue weighted by Gasteiger charge is -2.11. The minimum absolute atomic E-state index is 0.502. The molecule has 0 aliphatic carbocycles. The molecule has 0 N–H and O–H groups in total. The highest BCUT2D eigenvalue weighted by molar-refractivity contribution is 6.29. The Morgan fingerprint density at radius 1 is 0.731 bits per heavy atom. The van der Waals surface area contributed by atoms with Crippen LogP contribution >= 0.6 is 11.6 Å². The topological polar surface area (TPSA) is 17.8 Å². The zero-order chi connectivity index (χ0) is 17.5. The highest BCUT2D eigenvalue weighted by Crippen LogP contribution is 2.38. The Bertz CT molecular complexity index is 1240. The Morgan fingerprint density at radius 2 is 1.50 bits per heavy atom. The Labute approximate surface area is 156 Å². The second kappa shape index (κ2) is 6.01. The molecule has 2 heterocycles. The highest BCUT2D eigenvalue weighted by Gasteiger charge is 2.15. The third-order valence-electron chi connectivity index (χ3n) is 4.75. The van der Waals surface area contributed by atoms with Crippen LogP contribution in [0.3, 0.4) is 0 Å². The number of hydrogen-bond donors (Lipinski definition) is 0. The fourth-order valence-corrected chi connectivity index (χ4v) is 3.84. The standard InChI is InChI=1S/C23H15ClN2/c24-22-15-16(13-14-25-22)18-10-6-11-20-19-9-4-5-12-21(19)26(23(18)20)17-7-2-1-3-8-17/h1-15H. The molecule has 2 aromatic heterocycles. The molecule has 3 heteroatoms. The van der Waals surface area contributed by atoms with Crippen molar-refractivity contribution in [3.63, 3.8) is 0 Å². The maximum absolute atomic E-state index is 6.16. The lowest BCUT2D eigenvalue weighted by molar-refractivity contribution is 1.18. The Morgan fingerprint density at radius 3 is 2.35 bits per heavy atom. The smallest absolute Gasteiger partial charge is 0.129 e. The van der Waals surface area contributed by atoms with Gasteiger partial charge in [-0.3, -0.25) is 0 Å². The molecule has 2 nitrogen and oxygen atoms in total. The zero-order valence-corrected chi connectivity index (χ0v) is 14.7. The summed E-state index contributed by atoms with van der Waals surface area (Å²) in [5.74, 6) is 0. The van der Waals surface area contributed by atoms with Gasteiger partial charge in [-0.1, -0.05) is 66.2 Å². The van der Waals surface area contributed by atoms with E-state index in [0.29, 0.717) is 5.15 Å². The summed E-state index contributed by atoms with van der Waals surface area (Å²) < 4.78 is 2.33. The molecule has 5 rings (SSSR count). The van der Waals surface area contributed by atoms with Crippen LogP contribution in [0, 0.1) is 0 Å². The van der Waals surface area contributed by atoms with Crippen LogP contribution in [-0.2, 0) is 0 Å². The fraction of sp³-hybridized carbons (Fsp3) is 0. The van der Waals surface area contributed by atoms with Gasteiger partial charge in [-0.2, -0.15) is 0 Å². The van der Waals surface area contributed by atoms with Crippen molar-refractivity contribution < 1.29 is 0 Å². The molecule has 0 aliphatic heterocycles. The largest absolute Gasteiger partial charge is 0.309 e. The van der Waals surface area contributed by atoms with Gasteiger partial charge in [0.25, 0.3) is 0 Å². The molecule has 0 saturated carbocycles. The Kier molecular flexibility index (Phi) is 3.51.